The summed E-state index contributed by atoms with van der Waals surface area (Å²) in [6, 6.07) is 14.7. The van der Waals surface area contributed by atoms with Crippen LogP contribution >= 0.6 is 0 Å². The largest absolute Gasteiger partial charge is 0.492 e. The summed E-state index contributed by atoms with van der Waals surface area (Å²) in [7, 11) is 0. The zero-order chi connectivity index (χ0) is 23.2. The summed E-state index contributed by atoms with van der Waals surface area (Å²) in [6.45, 7) is 6.28. The summed E-state index contributed by atoms with van der Waals surface area (Å²) in [4.78, 5) is 25.7. The van der Waals surface area contributed by atoms with Gasteiger partial charge >= 0.3 is 5.97 Å². The van der Waals surface area contributed by atoms with Crippen molar-refractivity contribution >= 4 is 28.4 Å². The molecule has 4 aromatic rings. The smallest absolute Gasteiger partial charge is 0.341 e. The fraction of sp³-hybridized carbons (Fsp3) is 0.200. The Bertz CT molecular complexity index is 1260. The second-order valence-corrected chi connectivity index (χ2v) is 7.06. The topological polar surface area (TPSA) is 95.5 Å². The quantitative estimate of drug-likeness (QED) is 0.359. The third-order valence-corrected chi connectivity index (χ3v) is 4.78. The predicted molar refractivity (Wildman–Crippen MR) is 125 cm³/mol. The SMILES string of the molecule is CCOC(=O)c1cnc2nc(C)c(OCC)cc2c1Nc1ccc(Oc2ccccn2)cc1. The summed E-state index contributed by atoms with van der Waals surface area (Å²) < 4.78 is 16.7. The van der Waals surface area contributed by atoms with Crippen molar-refractivity contribution in [2.24, 2.45) is 0 Å². The second-order valence-electron chi connectivity index (χ2n) is 7.06. The van der Waals surface area contributed by atoms with Crippen LogP contribution in [0.3, 0.4) is 0 Å². The van der Waals surface area contributed by atoms with Crippen molar-refractivity contribution in [1.82, 2.24) is 15.0 Å². The van der Waals surface area contributed by atoms with Gasteiger partial charge in [-0.25, -0.2) is 19.7 Å². The number of nitrogens with zero attached hydrogens (tertiary/aromatic N) is 3. The lowest BCUT2D eigenvalue weighted by Gasteiger charge is -2.16. The molecule has 8 nitrogen and oxygen atoms in total. The number of nitrogens with one attached hydrogen (secondary N) is 1. The third-order valence-electron chi connectivity index (χ3n) is 4.78. The van der Waals surface area contributed by atoms with Crippen molar-refractivity contribution in [3.8, 4) is 17.4 Å². The van der Waals surface area contributed by atoms with Gasteiger partial charge in [0.05, 0.1) is 24.6 Å². The average Bonchev–Trinajstić information content (AvgIpc) is 2.82. The van der Waals surface area contributed by atoms with E-state index in [-0.39, 0.29) is 6.61 Å². The molecule has 0 radical (unpaired) electrons. The zero-order valence-corrected chi connectivity index (χ0v) is 18.7. The number of pyridine rings is 3. The Morgan fingerprint density at radius 1 is 1.03 bits per heavy atom. The molecule has 0 saturated heterocycles. The molecule has 1 aromatic carbocycles. The number of rotatable bonds is 8. The number of fused-ring (bicyclic) bond motifs is 1. The molecule has 0 saturated carbocycles. The number of carbonyl (C=O) groups is 1. The molecule has 0 aliphatic heterocycles. The minimum absolute atomic E-state index is 0.256. The van der Waals surface area contributed by atoms with Crippen molar-refractivity contribution in [3.05, 3.63) is 72.2 Å². The Labute approximate surface area is 191 Å². The van der Waals surface area contributed by atoms with Crippen LogP contribution in [0.1, 0.15) is 29.9 Å². The Morgan fingerprint density at radius 3 is 2.55 bits per heavy atom. The number of aromatic nitrogens is 3. The molecule has 0 aliphatic carbocycles. The molecule has 3 aromatic heterocycles. The van der Waals surface area contributed by atoms with Crippen molar-refractivity contribution < 1.29 is 19.0 Å². The lowest BCUT2D eigenvalue weighted by Crippen LogP contribution is -2.10. The standard InChI is InChI=1S/C25H24N4O4/c1-4-31-21-14-19-23(20(25(30)32-5-2)15-27-24(19)28-16(21)3)29-17-9-11-18(12-10-17)33-22-8-6-7-13-26-22/h6-15H,4-5H2,1-3H3,(H,27,28,29). The van der Waals surface area contributed by atoms with Gasteiger partial charge in [-0.15, -0.1) is 0 Å². The molecule has 0 bridgehead atoms. The van der Waals surface area contributed by atoms with Gasteiger partial charge in [0.15, 0.2) is 5.65 Å². The van der Waals surface area contributed by atoms with E-state index in [0.717, 1.165) is 11.4 Å². The minimum atomic E-state index is -0.469. The molecule has 0 amide bonds. The first kappa shape index (κ1) is 22.0. The molecule has 0 spiro atoms. The van der Waals surface area contributed by atoms with Crippen molar-refractivity contribution in [2.45, 2.75) is 20.8 Å². The van der Waals surface area contributed by atoms with Crippen LogP contribution in [0, 0.1) is 6.92 Å². The molecule has 8 heteroatoms. The van der Waals surface area contributed by atoms with E-state index in [4.69, 9.17) is 14.2 Å². The molecule has 0 atom stereocenters. The van der Waals surface area contributed by atoms with E-state index in [2.05, 4.69) is 20.3 Å². The van der Waals surface area contributed by atoms with Crippen LogP contribution in [0.15, 0.2) is 60.9 Å². The Morgan fingerprint density at radius 2 is 1.85 bits per heavy atom. The summed E-state index contributed by atoms with van der Waals surface area (Å²) in [5.41, 5.74) is 2.83. The average molecular weight is 444 g/mol. The fourth-order valence-corrected chi connectivity index (χ4v) is 3.27. The molecule has 0 fully saturated rings. The van der Waals surface area contributed by atoms with Gasteiger partial charge < -0.3 is 19.5 Å². The number of benzene rings is 1. The van der Waals surface area contributed by atoms with Crippen LogP contribution in [-0.4, -0.2) is 34.1 Å². The highest BCUT2D eigenvalue weighted by molar-refractivity contribution is 6.05. The van der Waals surface area contributed by atoms with Crippen molar-refractivity contribution in [2.75, 3.05) is 18.5 Å². The number of carbonyl (C=O) groups excluding carboxylic acids is 1. The normalized spacial score (nSPS) is 10.6. The maximum atomic E-state index is 12.7. The molecule has 0 unspecified atom stereocenters. The van der Waals surface area contributed by atoms with Crippen LogP contribution in [-0.2, 0) is 4.74 Å². The first-order valence-electron chi connectivity index (χ1n) is 10.6. The predicted octanol–water partition coefficient (Wildman–Crippen LogP) is 5.44. The summed E-state index contributed by atoms with van der Waals surface area (Å²) in [5, 5.41) is 3.98. The number of anilines is 2. The van der Waals surface area contributed by atoms with Crippen LogP contribution in [0.2, 0.25) is 0 Å². The summed E-state index contributed by atoms with van der Waals surface area (Å²) in [6.07, 6.45) is 3.15. The highest BCUT2D eigenvalue weighted by Crippen LogP contribution is 2.33. The van der Waals surface area contributed by atoms with Crippen LogP contribution in [0.25, 0.3) is 11.0 Å². The lowest BCUT2D eigenvalue weighted by atomic mass is 10.1. The molecule has 3 heterocycles. The molecule has 168 valence electrons. The molecular weight excluding hydrogens is 420 g/mol. The zero-order valence-electron chi connectivity index (χ0n) is 18.7. The first-order chi connectivity index (χ1) is 16.1. The third kappa shape index (κ3) is 5.01. The van der Waals surface area contributed by atoms with Gasteiger partial charge in [-0.3, -0.25) is 0 Å². The highest BCUT2D eigenvalue weighted by Gasteiger charge is 2.19. The van der Waals surface area contributed by atoms with E-state index >= 15 is 0 Å². The lowest BCUT2D eigenvalue weighted by molar-refractivity contribution is 0.0527. The first-order valence-corrected chi connectivity index (χ1v) is 10.6. The summed E-state index contributed by atoms with van der Waals surface area (Å²) in [5.74, 6) is 1.31. The van der Waals surface area contributed by atoms with Gasteiger partial charge in [0.1, 0.15) is 17.1 Å². The molecule has 1 N–H and O–H groups in total. The van der Waals surface area contributed by atoms with Crippen LogP contribution < -0.4 is 14.8 Å². The Balaban J connectivity index is 1.71. The Hall–Kier alpha value is -4.20. The van der Waals surface area contributed by atoms with Gasteiger partial charge in [-0.2, -0.15) is 0 Å². The van der Waals surface area contributed by atoms with Gasteiger partial charge in [-0.05, 0) is 57.2 Å². The monoisotopic (exact) mass is 444 g/mol. The van der Waals surface area contributed by atoms with Crippen molar-refractivity contribution in [1.29, 1.82) is 0 Å². The second kappa shape index (κ2) is 9.95. The fourth-order valence-electron chi connectivity index (χ4n) is 3.27. The maximum absolute atomic E-state index is 12.7. The molecular formula is C25H24N4O4. The number of esters is 1. The van der Waals surface area contributed by atoms with Crippen molar-refractivity contribution in [3.63, 3.8) is 0 Å². The number of hydrogen-bond donors (Lipinski definition) is 1. The van der Waals surface area contributed by atoms with E-state index in [1.807, 2.05) is 56.3 Å². The number of hydrogen-bond acceptors (Lipinski definition) is 8. The maximum Gasteiger partial charge on any atom is 0.341 e. The molecule has 4 rings (SSSR count). The molecule has 0 aliphatic rings. The van der Waals surface area contributed by atoms with Crippen LogP contribution in [0.4, 0.5) is 11.4 Å². The molecule has 33 heavy (non-hydrogen) atoms. The number of ether oxygens (including phenoxy) is 3. The van der Waals surface area contributed by atoms with Gasteiger partial charge in [0.2, 0.25) is 5.88 Å². The van der Waals surface area contributed by atoms with Gasteiger partial charge in [-0.1, -0.05) is 6.07 Å². The minimum Gasteiger partial charge on any atom is -0.492 e. The van der Waals surface area contributed by atoms with E-state index in [9.17, 15) is 4.79 Å². The van der Waals surface area contributed by atoms with Crippen LogP contribution in [0.5, 0.6) is 17.4 Å². The number of aryl methyl sites for hydroxylation is 1. The van der Waals surface area contributed by atoms with Gasteiger partial charge in [0, 0.05) is 29.5 Å². The van der Waals surface area contributed by atoms with E-state index in [0.29, 0.717) is 46.3 Å². The van der Waals surface area contributed by atoms with E-state index < -0.39 is 5.97 Å². The Kier molecular flexibility index (Phi) is 6.64. The van der Waals surface area contributed by atoms with Gasteiger partial charge in [0.25, 0.3) is 0 Å². The summed E-state index contributed by atoms with van der Waals surface area (Å²) >= 11 is 0. The van der Waals surface area contributed by atoms with E-state index in [1.165, 1.54) is 6.20 Å². The highest BCUT2D eigenvalue weighted by atomic mass is 16.5. The van der Waals surface area contributed by atoms with E-state index in [1.54, 1.807) is 19.2 Å².